The minimum absolute atomic E-state index is 0.0174. The average molecular weight is 520 g/mol. The summed E-state index contributed by atoms with van der Waals surface area (Å²) in [6, 6.07) is 23.4. The van der Waals surface area contributed by atoms with Crippen molar-refractivity contribution >= 4 is 34.8 Å². The monoisotopic (exact) mass is 519 g/mol. The van der Waals surface area contributed by atoms with Gasteiger partial charge in [0, 0.05) is 29.9 Å². The predicted molar refractivity (Wildman–Crippen MR) is 150 cm³/mol. The molecule has 8 heteroatoms. The Hall–Kier alpha value is -3.91. The number of hydrogen-bond acceptors (Lipinski definition) is 5. The Balaban J connectivity index is 1.48. The molecule has 0 heterocycles. The molecule has 0 aliphatic heterocycles. The molecule has 0 saturated heterocycles. The number of anilines is 1. The number of rotatable bonds is 12. The van der Waals surface area contributed by atoms with Gasteiger partial charge in [-0.3, -0.25) is 14.9 Å². The molecule has 3 rings (SSSR count). The van der Waals surface area contributed by atoms with Gasteiger partial charge in [0.2, 0.25) is 0 Å². The Morgan fingerprint density at radius 1 is 0.784 bits per heavy atom. The minimum atomic E-state index is -0.347. The van der Waals surface area contributed by atoms with Gasteiger partial charge in [0.05, 0.1) is 0 Å². The van der Waals surface area contributed by atoms with Crippen LogP contribution in [0.25, 0.3) is 0 Å². The van der Waals surface area contributed by atoms with Crippen LogP contribution in [0.15, 0.2) is 78.9 Å². The third-order valence-electron chi connectivity index (χ3n) is 5.35. The van der Waals surface area contributed by atoms with Crippen LogP contribution in [0.3, 0.4) is 0 Å². The molecule has 2 amide bonds. The van der Waals surface area contributed by atoms with Crippen LogP contribution < -0.4 is 20.1 Å². The van der Waals surface area contributed by atoms with Crippen molar-refractivity contribution in [3.63, 3.8) is 0 Å². The molecule has 0 unspecified atom stereocenters. The number of carbonyl (C=O) groups excluding carboxylic acids is 2. The summed E-state index contributed by atoms with van der Waals surface area (Å²) in [7, 11) is 0. The second kappa shape index (κ2) is 14.6. The number of thiocarbonyl (C=S) groups is 1. The summed E-state index contributed by atoms with van der Waals surface area (Å²) >= 11 is 5.32. The first-order valence-corrected chi connectivity index (χ1v) is 12.8. The molecule has 2 N–H and O–H groups in total. The number of hydrogen-bond donors (Lipinski definition) is 2. The third kappa shape index (κ3) is 8.91. The fraction of sp³-hybridized carbons (Fsp3) is 0.276. The molecule has 0 saturated carbocycles. The van der Waals surface area contributed by atoms with Gasteiger partial charge in [0.1, 0.15) is 24.7 Å². The number of amides is 2. The van der Waals surface area contributed by atoms with E-state index >= 15 is 0 Å². The summed E-state index contributed by atoms with van der Waals surface area (Å²) in [6.07, 6.45) is 1.80. The zero-order chi connectivity index (χ0) is 26.5. The zero-order valence-electron chi connectivity index (χ0n) is 21.2. The van der Waals surface area contributed by atoms with Crippen molar-refractivity contribution in [1.29, 1.82) is 0 Å². The molecule has 0 spiro atoms. The van der Waals surface area contributed by atoms with Crippen molar-refractivity contribution in [2.45, 2.75) is 26.7 Å². The quantitative estimate of drug-likeness (QED) is 0.242. The Bertz CT molecular complexity index is 1160. The number of nitrogens with one attached hydrogen (secondary N) is 2. The van der Waals surface area contributed by atoms with E-state index in [2.05, 4.69) is 24.5 Å². The van der Waals surface area contributed by atoms with Gasteiger partial charge in [-0.05, 0) is 79.7 Å². The largest absolute Gasteiger partial charge is 0.490 e. The molecule has 0 bridgehead atoms. The molecule has 0 atom stereocenters. The summed E-state index contributed by atoms with van der Waals surface area (Å²) in [5.41, 5.74) is 1.65. The van der Waals surface area contributed by atoms with Gasteiger partial charge in [0.15, 0.2) is 5.11 Å². The predicted octanol–water partition coefficient (Wildman–Crippen LogP) is 5.53. The third-order valence-corrected chi connectivity index (χ3v) is 5.55. The average Bonchev–Trinajstić information content (AvgIpc) is 2.91. The van der Waals surface area contributed by atoms with E-state index in [9.17, 15) is 9.59 Å². The van der Waals surface area contributed by atoms with E-state index in [1.165, 1.54) is 0 Å². The minimum Gasteiger partial charge on any atom is -0.490 e. The summed E-state index contributed by atoms with van der Waals surface area (Å²) in [5.74, 6) is 1.06. The number of para-hydroxylation sites is 1. The smallest absolute Gasteiger partial charge is 0.257 e. The molecule has 0 fully saturated rings. The van der Waals surface area contributed by atoms with Crippen LogP contribution in [0.5, 0.6) is 11.5 Å². The van der Waals surface area contributed by atoms with Gasteiger partial charge >= 0.3 is 0 Å². The molecule has 0 aliphatic carbocycles. The summed E-state index contributed by atoms with van der Waals surface area (Å²) in [4.78, 5) is 27.4. The number of nitrogens with zero attached hydrogens (tertiary/aromatic N) is 1. The molecule has 37 heavy (non-hydrogen) atoms. The van der Waals surface area contributed by atoms with Crippen LogP contribution in [0.1, 0.15) is 47.4 Å². The van der Waals surface area contributed by atoms with Crippen LogP contribution in [-0.4, -0.2) is 48.1 Å². The van der Waals surface area contributed by atoms with E-state index in [-0.39, 0.29) is 16.9 Å². The first-order valence-electron chi connectivity index (χ1n) is 12.4. The molecule has 0 radical (unpaired) electrons. The van der Waals surface area contributed by atoms with Crippen LogP contribution in [0.4, 0.5) is 5.69 Å². The van der Waals surface area contributed by atoms with Crippen LogP contribution in [0, 0.1) is 0 Å². The van der Waals surface area contributed by atoms with Crippen molar-refractivity contribution in [3.05, 3.63) is 90.0 Å². The fourth-order valence-electron chi connectivity index (χ4n) is 3.64. The topological polar surface area (TPSA) is 79.9 Å². The first-order chi connectivity index (χ1) is 18.0. The SMILES string of the molecule is CCCN(CCC)C(=O)c1cccc(NC(=S)NC(=O)c2ccc(OCCOc3ccccc3)cc2)c1. The highest BCUT2D eigenvalue weighted by Crippen LogP contribution is 2.15. The molecule has 3 aromatic carbocycles. The number of ether oxygens (including phenoxy) is 2. The Kier molecular flexibility index (Phi) is 10.9. The van der Waals surface area contributed by atoms with Gasteiger partial charge in [0.25, 0.3) is 11.8 Å². The van der Waals surface area contributed by atoms with Crippen LogP contribution in [0.2, 0.25) is 0 Å². The van der Waals surface area contributed by atoms with Crippen LogP contribution >= 0.6 is 12.2 Å². The first kappa shape index (κ1) is 27.7. The van der Waals surface area contributed by atoms with Crippen molar-refractivity contribution < 1.29 is 19.1 Å². The van der Waals surface area contributed by atoms with E-state index in [1.807, 2.05) is 35.2 Å². The van der Waals surface area contributed by atoms with Gasteiger partial charge < -0.3 is 19.7 Å². The van der Waals surface area contributed by atoms with Gasteiger partial charge in [-0.2, -0.15) is 0 Å². The van der Waals surface area contributed by atoms with E-state index < -0.39 is 0 Å². The molecule has 0 aliphatic rings. The molecular formula is C29H33N3O4S. The van der Waals surface area contributed by atoms with E-state index in [0.717, 1.165) is 18.6 Å². The Labute approximate surface area is 223 Å². The van der Waals surface area contributed by atoms with Gasteiger partial charge in [-0.25, -0.2) is 0 Å². The van der Waals surface area contributed by atoms with E-state index in [1.54, 1.807) is 48.5 Å². The van der Waals surface area contributed by atoms with Crippen molar-refractivity contribution in [1.82, 2.24) is 10.2 Å². The van der Waals surface area contributed by atoms with Gasteiger partial charge in [-0.15, -0.1) is 0 Å². The molecule has 7 nitrogen and oxygen atoms in total. The van der Waals surface area contributed by atoms with E-state index in [0.29, 0.717) is 48.9 Å². The lowest BCUT2D eigenvalue weighted by Gasteiger charge is -2.21. The van der Waals surface area contributed by atoms with E-state index in [4.69, 9.17) is 21.7 Å². The normalized spacial score (nSPS) is 10.3. The highest BCUT2D eigenvalue weighted by molar-refractivity contribution is 7.80. The van der Waals surface area contributed by atoms with Crippen molar-refractivity contribution in [2.75, 3.05) is 31.6 Å². The van der Waals surface area contributed by atoms with Crippen molar-refractivity contribution in [2.24, 2.45) is 0 Å². The summed E-state index contributed by atoms with van der Waals surface area (Å²) in [5, 5.41) is 5.81. The molecule has 3 aromatic rings. The highest BCUT2D eigenvalue weighted by Gasteiger charge is 2.15. The molecule has 0 aromatic heterocycles. The van der Waals surface area contributed by atoms with Gasteiger partial charge in [-0.1, -0.05) is 38.1 Å². The summed E-state index contributed by atoms with van der Waals surface area (Å²) in [6.45, 7) is 6.32. The maximum absolute atomic E-state index is 12.9. The Morgan fingerprint density at radius 2 is 1.41 bits per heavy atom. The molecular weight excluding hydrogens is 486 g/mol. The maximum atomic E-state index is 12.9. The lowest BCUT2D eigenvalue weighted by atomic mass is 10.1. The summed E-state index contributed by atoms with van der Waals surface area (Å²) < 4.78 is 11.3. The Morgan fingerprint density at radius 3 is 2.03 bits per heavy atom. The lowest BCUT2D eigenvalue weighted by molar-refractivity contribution is 0.0755. The maximum Gasteiger partial charge on any atom is 0.257 e. The standard InChI is InChI=1S/C29H33N3O4S/c1-3-17-32(18-4-2)28(34)23-9-8-10-24(21-23)30-29(37)31-27(33)22-13-15-26(16-14-22)36-20-19-35-25-11-6-5-7-12-25/h5-16,21H,3-4,17-20H2,1-2H3,(H2,30,31,33,37). The second-order valence-corrected chi connectivity index (χ2v) is 8.72. The van der Waals surface area contributed by atoms with Crippen molar-refractivity contribution in [3.8, 4) is 11.5 Å². The van der Waals surface area contributed by atoms with Crippen LogP contribution in [-0.2, 0) is 0 Å². The number of carbonyl (C=O) groups is 2. The highest BCUT2D eigenvalue weighted by atomic mass is 32.1. The second-order valence-electron chi connectivity index (χ2n) is 8.32. The number of benzene rings is 3. The zero-order valence-corrected chi connectivity index (χ0v) is 22.1. The lowest BCUT2D eigenvalue weighted by Crippen LogP contribution is -2.34. The fourth-order valence-corrected chi connectivity index (χ4v) is 3.85. The molecule has 194 valence electrons.